The van der Waals surface area contributed by atoms with Gasteiger partial charge >= 0.3 is 5.97 Å². The summed E-state index contributed by atoms with van der Waals surface area (Å²) in [5.41, 5.74) is 3.17. The molecule has 1 N–H and O–H groups in total. The van der Waals surface area contributed by atoms with Gasteiger partial charge in [-0.1, -0.05) is 30.3 Å². The molecule has 0 atom stereocenters. The zero-order valence-corrected chi connectivity index (χ0v) is 16.0. The number of methoxy groups -OCH3 is 1. The molecule has 4 rings (SSSR count). The van der Waals surface area contributed by atoms with E-state index in [9.17, 15) is 9.59 Å². The monoisotopic (exact) mass is 388 g/mol. The van der Waals surface area contributed by atoms with Gasteiger partial charge in [0.05, 0.1) is 18.4 Å². The van der Waals surface area contributed by atoms with Gasteiger partial charge in [0.2, 0.25) is 5.95 Å². The number of fused-ring (bicyclic) bond motifs is 1. The van der Waals surface area contributed by atoms with Gasteiger partial charge in [0.25, 0.3) is 5.91 Å². The van der Waals surface area contributed by atoms with Crippen molar-refractivity contribution in [3.63, 3.8) is 0 Å². The van der Waals surface area contributed by atoms with Crippen LogP contribution in [0.4, 0.5) is 17.3 Å². The first-order chi connectivity index (χ1) is 14.2. The van der Waals surface area contributed by atoms with Gasteiger partial charge in [0.15, 0.2) is 0 Å². The van der Waals surface area contributed by atoms with E-state index in [0.29, 0.717) is 11.6 Å². The largest absolute Gasteiger partial charge is 0.465 e. The van der Waals surface area contributed by atoms with Crippen LogP contribution in [0.25, 0.3) is 0 Å². The molecule has 1 amide bonds. The maximum atomic E-state index is 12.8. The van der Waals surface area contributed by atoms with Crippen molar-refractivity contribution in [2.45, 2.75) is 12.8 Å². The molecular weight excluding hydrogens is 368 g/mol. The summed E-state index contributed by atoms with van der Waals surface area (Å²) in [6, 6.07) is 16.4. The van der Waals surface area contributed by atoms with E-state index in [0.717, 1.165) is 25.1 Å². The van der Waals surface area contributed by atoms with Crippen molar-refractivity contribution in [3.05, 3.63) is 77.6 Å². The summed E-state index contributed by atoms with van der Waals surface area (Å²) in [4.78, 5) is 35.6. The van der Waals surface area contributed by atoms with Crippen LogP contribution in [-0.4, -0.2) is 35.5 Å². The Morgan fingerprint density at radius 3 is 2.72 bits per heavy atom. The lowest BCUT2D eigenvalue weighted by molar-refractivity contribution is 0.0602. The van der Waals surface area contributed by atoms with Gasteiger partial charge < -0.3 is 15.0 Å². The Labute approximate surface area is 168 Å². The van der Waals surface area contributed by atoms with Crippen molar-refractivity contribution in [2.24, 2.45) is 0 Å². The fourth-order valence-electron chi connectivity index (χ4n) is 3.41. The highest BCUT2D eigenvalue weighted by Crippen LogP contribution is 2.31. The number of para-hydroxylation sites is 2. The maximum Gasteiger partial charge on any atom is 0.339 e. The molecule has 0 aliphatic carbocycles. The highest BCUT2D eigenvalue weighted by Gasteiger charge is 2.21. The quantitative estimate of drug-likeness (QED) is 0.688. The van der Waals surface area contributed by atoms with Crippen LogP contribution >= 0.6 is 0 Å². The van der Waals surface area contributed by atoms with Gasteiger partial charge in [-0.05, 0) is 42.7 Å². The number of carbonyl (C=O) groups is 2. The number of nitrogens with one attached hydrogen (secondary N) is 1. The van der Waals surface area contributed by atoms with Crippen LogP contribution in [-0.2, 0) is 11.2 Å². The number of carbonyl (C=O) groups excluding carboxylic acids is 2. The Bertz CT molecular complexity index is 1070. The average Bonchev–Trinajstić information content (AvgIpc) is 2.78. The minimum atomic E-state index is -0.519. The number of nitrogens with zero attached hydrogens (tertiary/aromatic N) is 3. The molecule has 1 aliphatic rings. The van der Waals surface area contributed by atoms with Crippen molar-refractivity contribution in [1.82, 2.24) is 9.97 Å². The molecule has 1 aromatic heterocycles. The lowest BCUT2D eigenvalue weighted by Crippen LogP contribution is -2.27. The van der Waals surface area contributed by atoms with Crippen molar-refractivity contribution >= 4 is 29.2 Å². The smallest absolute Gasteiger partial charge is 0.339 e. The molecule has 7 heteroatoms. The fraction of sp³-hybridized carbons (Fsp3) is 0.182. The van der Waals surface area contributed by atoms with Crippen LogP contribution in [0.2, 0.25) is 0 Å². The third-order valence-electron chi connectivity index (χ3n) is 4.81. The number of aromatic nitrogens is 2. The lowest BCUT2D eigenvalue weighted by Gasteiger charge is -2.29. The first-order valence-corrected chi connectivity index (χ1v) is 9.34. The second-order valence-electron chi connectivity index (χ2n) is 6.62. The minimum Gasteiger partial charge on any atom is -0.465 e. The van der Waals surface area contributed by atoms with Crippen molar-refractivity contribution < 1.29 is 14.3 Å². The number of ether oxygens (including phenoxy) is 1. The Morgan fingerprint density at radius 2 is 1.86 bits per heavy atom. The molecule has 0 saturated carbocycles. The third-order valence-corrected chi connectivity index (χ3v) is 4.81. The van der Waals surface area contributed by atoms with E-state index in [2.05, 4.69) is 21.4 Å². The van der Waals surface area contributed by atoms with E-state index in [1.54, 1.807) is 36.5 Å². The zero-order chi connectivity index (χ0) is 20.2. The fourth-order valence-corrected chi connectivity index (χ4v) is 3.41. The number of hydrogen-bond donors (Lipinski definition) is 1. The third kappa shape index (κ3) is 3.80. The van der Waals surface area contributed by atoms with E-state index in [1.807, 2.05) is 23.1 Å². The number of amides is 1. The van der Waals surface area contributed by atoms with E-state index >= 15 is 0 Å². The number of aryl methyl sites for hydroxylation is 1. The van der Waals surface area contributed by atoms with Crippen LogP contribution in [0, 0.1) is 0 Å². The van der Waals surface area contributed by atoms with E-state index in [-0.39, 0.29) is 11.3 Å². The first kappa shape index (κ1) is 18.6. The molecule has 146 valence electrons. The van der Waals surface area contributed by atoms with Gasteiger partial charge in [0, 0.05) is 18.4 Å². The van der Waals surface area contributed by atoms with Crippen molar-refractivity contribution in [3.8, 4) is 0 Å². The lowest BCUT2D eigenvalue weighted by atomic mass is 10.0. The van der Waals surface area contributed by atoms with Gasteiger partial charge in [-0.25, -0.2) is 14.8 Å². The number of hydrogen-bond acceptors (Lipinski definition) is 6. The predicted molar refractivity (Wildman–Crippen MR) is 110 cm³/mol. The van der Waals surface area contributed by atoms with Crippen molar-refractivity contribution in [1.29, 1.82) is 0 Å². The molecule has 7 nitrogen and oxygen atoms in total. The molecule has 0 saturated heterocycles. The molecule has 0 bridgehead atoms. The van der Waals surface area contributed by atoms with Gasteiger partial charge in [-0.3, -0.25) is 4.79 Å². The van der Waals surface area contributed by atoms with Gasteiger partial charge in [0.1, 0.15) is 5.69 Å². The van der Waals surface area contributed by atoms with Crippen LogP contribution in [0.5, 0.6) is 0 Å². The number of rotatable bonds is 4. The number of benzene rings is 2. The number of anilines is 3. The summed E-state index contributed by atoms with van der Waals surface area (Å²) in [6.45, 7) is 0.785. The maximum absolute atomic E-state index is 12.8. The Balaban J connectivity index is 1.61. The van der Waals surface area contributed by atoms with Crippen molar-refractivity contribution in [2.75, 3.05) is 23.9 Å². The summed E-state index contributed by atoms with van der Waals surface area (Å²) in [5.74, 6) is -0.462. The second kappa shape index (κ2) is 8.10. The molecule has 0 spiro atoms. The van der Waals surface area contributed by atoms with Crippen LogP contribution in [0.3, 0.4) is 0 Å². The van der Waals surface area contributed by atoms with Crippen LogP contribution in [0.15, 0.2) is 60.8 Å². The Hall–Kier alpha value is -3.74. The van der Waals surface area contributed by atoms with E-state index in [1.165, 1.54) is 12.7 Å². The van der Waals surface area contributed by atoms with Gasteiger partial charge in [-0.2, -0.15) is 0 Å². The van der Waals surface area contributed by atoms with E-state index in [4.69, 9.17) is 4.74 Å². The second-order valence-corrected chi connectivity index (χ2v) is 6.62. The van der Waals surface area contributed by atoms with Crippen LogP contribution in [0.1, 0.15) is 32.8 Å². The Morgan fingerprint density at radius 1 is 1.07 bits per heavy atom. The normalized spacial score (nSPS) is 12.8. The molecule has 0 unspecified atom stereocenters. The molecule has 29 heavy (non-hydrogen) atoms. The summed E-state index contributed by atoms with van der Waals surface area (Å²) in [7, 11) is 1.30. The molecule has 3 aromatic rings. The highest BCUT2D eigenvalue weighted by atomic mass is 16.5. The van der Waals surface area contributed by atoms with E-state index < -0.39 is 11.9 Å². The summed E-state index contributed by atoms with van der Waals surface area (Å²) in [5, 5.41) is 2.74. The topological polar surface area (TPSA) is 84.4 Å². The van der Waals surface area contributed by atoms with Gasteiger partial charge in [-0.15, -0.1) is 0 Å². The SMILES string of the molecule is COC(=O)c1ccccc1NC(=O)c1ccnc(N2CCCc3ccccc32)n1. The first-order valence-electron chi connectivity index (χ1n) is 9.34. The summed E-state index contributed by atoms with van der Waals surface area (Å²) >= 11 is 0. The zero-order valence-electron chi connectivity index (χ0n) is 16.0. The number of esters is 1. The highest BCUT2D eigenvalue weighted by molar-refractivity contribution is 6.07. The molecule has 1 aliphatic heterocycles. The summed E-state index contributed by atoms with van der Waals surface area (Å²) in [6.07, 6.45) is 3.57. The summed E-state index contributed by atoms with van der Waals surface area (Å²) < 4.78 is 4.77. The molecule has 2 heterocycles. The Kier molecular flexibility index (Phi) is 5.20. The van der Waals surface area contributed by atoms with Crippen LogP contribution < -0.4 is 10.2 Å². The molecule has 2 aromatic carbocycles. The molecular formula is C22H20N4O3. The molecule has 0 fully saturated rings. The standard InChI is InChI=1S/C22H20N4O3/c1-29-21(28)16-9-3-4-10-17(16)24-20(27)18-12-13-23-22(25-18)26-14-6-8-15-7-2-5-11-19(15)26/h2-5,7,9-13H,6,8,14H2,1H3,(H,24,27). The molecule has 0 radical (unpaired) electrons. The minimum absolute atomic E-state index is 0.220. The predicted octanol–water partition coefficient (Wildman–Crippen LogP) is 3.60. The average molecular weight is 388 g/mol.